The summed E-state index contributed by atoms with van der Waals surface area (Å²) in [6.07, 6.45) is 2.17. The molecule has 3 N–H and O–H groups in total. The molecule has 0 radical (unpaired) electrons. The predicted molar refractivity (Wildman–Crippen MR) is 85.4 cm³/mol. The van der Waals surface area contributed by atoms with Crippen LogP contribution in [0.25, 0.3) is 0 Å². The fourth-order valence-corrected chi connectivity index (χ4v) is 2.61. The molecule has 112 valence electrons. The first kappa shape index (κ1) is 14.3. The minimum atomic E-state index is -0.268. The molecule has 1 aliphatic carbocycles. The molecule has 1 saturated carbocycles. The van der Waals surface area contributed by atoms with Crippen LogP contribution in [-0.2, 0) is 9.53 Å². The van der Waals surface area contributed by atoms with Crippen molar-refractivity contribution in [2.24, 2.45) is 5.73 Å². The van der Waals surface area contributed by atoms with Crippen LogP contribution in [0.4, 0.5) is 5.69 Å². The summed E-state index contributed by atoms with van der Waals surface area (Å²) in [4.78, 5) is 14.8. The van der Waals surface area contributed by atoms with Crippen molar-refractivity contribution < 1.29 is 9.53 Å². The molecule has 1 amide bonds. The summed E-state index contributed by atoms with van der Waals surface area (Å²) in [5.41, 5.74) is 7.44. The minimum absolute atomic E-state index is 0.0515. The normalized spacial score (nSPS) is 21.9. The number of hydrogen-bond acceptors (Lipinski definition) is 4. The van der Waals surface area contributed by atoms with E-state index >= 15 is 0 Å². The molecule has 1 saturated heterocycles. The van der Waals surface area contributed by atoms with E-state index in [1.807, 2.05) is 24.3 Å². The Kier molecular flexibility index (Phi) is 4.07. The zero-order valence-electron chi connectivity index (χ0n) is 11.7. The molecule has 1 aromatic rings. The largest absolute Gasteiger partial charge is 0.389 e. The van der Waals surface area contributed by atoms with Crippen molar-refractivity contribution in [1.29, 1.82) is 0 Å². The second-order valence-electron chi connectivity index (χ2n) is 5.48. The Balaban J connectivity index is 1.76. The van der Waals surface area contributed by atoms with Crippen molar-refractivity contribution in [1.82, 2.24) is 5.32 Å². The molecule has 1 aliphatic heterocycles. The SMILES string of the molecule is NC(=S)c1ccc(N2CCOCC2C(=O)NC2CC2)cc1. The van der Waals surface area contributed by atoms with E-state index < -0.39 is 0 Å². The van der Waals surface area contributed by atoms with Crippen LogP contribution < -0.4 is 16.0 Å². The van der Waals surface area contributed by atoms with E-state index in [0.29, 0.717) is 30.8 Å². The number of morpholine rings is 1. The Morgan fingerprint density at radius 3 is 2.67 bits per heavy atom. The van der Waals surface area contributed by atoms with Crippen LogP contribution in [0.5, 0.6) is 0 Å². The Morgan fingerprint density at radius 1 is 1.33 bits per heavy atom. The highest BCUT2D eigenvalue weighted by atomic mass is 32.1. The number of hydrogen-bond donors (Lipinski definition) is 2. The minimum Gasteiger partial charge on any atom is -0.389 e. The van der Waals surface area contributed by atoms with Gasteiger partial charge in [-0.2, -0.15) is 0 Å². The van der Waals surface area contributed by atoms with Crippen LogP contribution in [0.3, 0.4) is 0 Å². The maximum atomic E-state index is 12.3. The van der Waals surface area contributed by atoms with Crippen LogP contribution >= 0.6 is 12.2 Å². The summed E-state index contributed by atoms with van der Waals surface area (Å²) in [7, 11) is 0. The van der Waals surface area contributed by atoms with E-state index in [-0.39, 0.29) is 11.9 Å². The fraction of sp³-hybridized carbons (Fsp3) is 0.467. The zero-order chi connectivity index (χ0) is 14.8. The molecule has 5 nitrogen and oxygen atoms in total. The molecule has 21 heavy (non-hydrogen) atoms. The first-order valence-corrected chi connectivity index (χ1v) is 7.60. The molecule has 6 heteroatoms. The van der Waals surface area contributed by atoms with E-state index in [4.69, 9.17) is 22.7 Å². The molecule has 0 aromatic heterocycles. The lowest BCUT2D eigenvalue weighted by molar-refractivity contribution is -0.124. The summed E-state index contributed by atoms with van der Waals surface area (Å²) in [6, 6.07) is 7.79. The van der Waals surface area contributed by atoms with Gasteiger partial charge in [-0.1, -0.05) is 12.2 Å². The molecule has 2 fully saturated rings. The van der Waals surface area contributed by atoms with Gasteiger partial charge in [-0.15, -0.1) is 0 Å². The molecule has 1 unspecified atom stereocenters. The highest BCUT2D eigenvalue weighted by Crippen LogP contribution is 2.23. The number of rotatable bonds is 4. The van der Waals surface area contributed by atoms with Gasteiger partial charge in [0.25, 0.3) is 0 Å². The van der Waals surface area contributed by atoms with Crippen LogP contribution in [0.2, 0.25) is 0 Å². The van der Waals surface area contributed by atoms with Crippen LogP contribution in [-0.4, -0.2) is 42.7 Å². The third-order valence-electron chi connectivity index (χ3n) is 3.84. The zero-order valence-corrected chi connectivity index (χ0v) is 12.6. The lowest BCUT2D eigenvalue weighted by Gasteiger charge is -2.36. The van der Waals surface area contributed by atoms with Crippen molar-refractivity contribution >= 4 is 28.8 Å². The molecular formula is C15H19N3O2S. The summed E-state index contributed by atoms with van der Waals surface area (Å²) >= 11 is 4.96. The highest BCUT2D eigenvalue weighted by Gasteiger charge is 2.33. The second-order valence-corrected chi connectivity index (χ2v) is 5.92. The van der Waals surface area contributed by atoms with E-state index in [1.165, 1.54) is 0 Å². The third kappa shape index (κ3) is 3.33. The standard InChI is InChI=1S/C15H19N3O2S/c16-14(21)10-1-5-12(6-2-10)18-7-8-20-9-13(18)15(19)17-11-3-4-11/h1-2,5-6,11,13H,3-4,7-9H2,(H2,16,21)(H,17,19). The van der Waals surface area contributed by atoms with E-state index in [0.717, 1.165) is 24.1 Å². The molecule has 0 spiro atoms. The van der Waals surface area contributed by atoms with Crippen molar-refractivity contribution in [2.45, 2.75) is 24.9 Å². The van der Waals surface area contributed by atoms with Gasteiger partial charge in [0, 0.05) is 23.8 Å². The Labute approximate surface area is 129 Å². The lowest BCUT2D eigenvalue weighted by atomic mass is 10.1. The second kappa shape index (κ2) is 5.99. The highest BCUT2D eigenvalue weighted by molar-refractivity contribution is 7.80. The third-order valence-corrected chi connectivity index (χ3v) is 4.07. The maximum Gasteiger partial charge on any atom is 0.245 e. The summed E-state index contributed by atoms with van der Waals surface area (Å²) < 4.78 is 5.48. The van der Waals surface area contributed by atoms with Crippen molar-refractivity contribution in [3.8, 4) is 0 Å². The van der Waals surface area contributed by atoms with Gasteiger partial charge in [-0.05, 0) is 37.1 Å². The van der Waals surface area contributed by atoms with Crippen molar-refractivity contribution in [3.05, 3.63) is 29.8 Å². The summed E-state index contributed by atoms with van der Waals surface area (Å²) in [5, 5.41) is 3.05. The van der Waals surface area contributed by atoms with Gasteiger partial charge in [-0.3, -0.25) is 4.79 Å². The fourth-order valence-electron chi connectivity index (χ4n) is 2.47. The van der Waals surface area contributed by atoms with Gasteiger partial charge >= 0.3 is 0 Å². The van der Waals surface area contributed by atoms with Gasteiger partial charge < -0.3 is 20.7 Å². The summed E-state index contributed by atoms with van der Waals surface area (Å²) in [5.74, 6) is 0.0515. The number of carbonyl (C=O) groups excluding carboxylic acids is 1. The lowest BCUT2D eigenvalue weighted by Crippen LogP contribution is -2.54. The average Bonchev–Trinajstić information content (AvgIpc) is 3.31. The Hall–Kier alpha value is -1.66. The molecule has 1 aromatic carbocycles. The molecule has 1 atom stereocenters. The number of anilines is 1. The Morgan fingerprint density at radius 2 is 2.05 bits per heavy atom. The van der Waals surface area contributed by atoms with Crippen LogP contribution in [0, 0.1) is 0 Å². The Bertz CT molecular complexity index is 542. The van der Waals surface area contributed by atoms with Crippen LogP contribution in [0.1, 0.15) is 18.4 Å². The maximum absolute atomic E-state index is 12.3. The van der Waals surface area contributed by atoms with Gasteiger partial charge in [0.2, 0.25) is 5.91 Å². The van der Waals surface area contributed by atoms with Crippen LogP contribution in [0.15, 0.2) is 24.3 Å². The van der Waals surface area contributed by atoms with Crippen molar-refractivity contribution in [2.75, 3.05) is 24.7 Å². The number of nitrogens with one attached hydrogen (secondary N) is 1. The number of thiocarbonyl (C=S) groups is 1. The number of carbonyl (C=O) groups is 1. The molecule has 0 bridgehead atoms. The molecular weight excluding hydrogens is 286 g/mol. The van der Waals surface area contributed by atoms with Crippen molar-refractivity contribution in [3.63, 3.8) is 0 Å². The van der Waals surface area contributed by atoms with Gasteiger partial charge in [-0.25, -0.2) is 0 Å². The number of amides is 1. The summed E-state index contributed by atoms with van der Waals surface area (Å²) in [6.45, 7) is 1.76. The number of benzene rings is 1. The topological polar surface area (TPSA) is 67.6 Å². The molecule has 1 heterocycles. The quantitative estimate of drug-likeness (QED) is 0.806. The molecule has 3 rings (SSSR count). The van der Waals surface area contributed by atoms with E-state index in [9.17, 15) is 4.79 Å². The molecule has 2 aliphatic rings. The monoisotopic (exact) mass is 305 g/mol. The van der Waals surface area contributed by atoms with Gasteiger partial charge in [0.05, 0.1) is 13.2 Å². The first-order valence-electron chi connectivity index (χ1n) is 7.20. The van der Waals surface area contributed by atoms with E-state index in [2.05, 4.69) is 10.2 Å². The van der Waals surface area contributed by atoms with E-state index in [1.54, 1.807) is 0 Å². The smallest absolute Gasteiger partial charge is 0.245 e. The number of nitrogens with two attached hydrogens (primary N) is 1. The average molecular weight is 305 g/mol. The predicted octanol–water partition coefficient (Wildman–Crippen LogP) is 0.805. The first-order chi connectivity index (χ1) is 10.1. The number of nitrogens with zero attached hydrogens (tertiary/aromatic N) is 1. The van der Waals surface area contributed by atoms with Gasteiger partial charge in [0.1, 0.15) is 11.0 Å². The number of ether oxygens (including phenoxy) is 1. The van der Waals surface area contributed by atoms with Gasteiger partial charge in [0.15, 0.2) is 0 Å².